The predicted molar refractivity (Wildman–Crippen MR) is 199 cm³/mol. The van der Waals surface area contributed by atoms with E-state index in [9.17, 15) is 21.9 Å². The minimum atomic E-state index is -3.80. The molecule has 0 bridgehead atoms. The van der Waals surface area contributed by atoms with Gasteiger partial charge in [0.1, 0.15) is 11.4 Å². The van der Waals surface area contributed by atoms with E-state index in [4.69, 9.17) is 0 Å². The Morgan fingerprint density at radius 1 is 0.792 bits per heavy atom. The Kier molecular flexibility index (Phi) is 14.4. The fourth-order valence-electron chi connectivity index (χ4n) is 6.25. The molecule has 264 valence electrons. The highest BCUT2D eigenvalue weighted by atomic mass is 32.2. The normalized spacial score (nSPS) is 14.3. The lowest BCUT2D eigenvalue weighted by atomic mass is 9.91. The molecule has 3 aromatic carbocycles. The number of sulfone groups is 2. The Hall–Kier alpha value is -3.04. The zero-order valence-electron chi connectivity index (χ0n) is 30.2. The van der Waals surface area contributed by atoms with Crippen molar-refractivity contribution in [3.05, 3.63) is 65.2 Å². The first-order valence-corrected chi connectivity index (χ1v) is 21.1. The first kappa shape index (κ1) is 39.4. The summed E-state index contributed by atoms with van der Waals surface area (Å²) >= 11 is 0. The van der Waals surface area contributed by atoms with Crippen LogP contribution in [0, 0.1) is 24.7 Å². The quantitative estimate of drug-likeness (QED) is 0.105. The standard InChI is InChI=1S/C39H56N2O5S2/c1-27(2)14-11-15-28(3)16-12-17-29(4)18-13-19-30(5)22-24-33-31(6)38(34-20-9-10-21-35(34)39(33)42)41-40-36-25-23-32(47(7,43)44)26-37(36)48(8,45)46/h9-10,20-23,25-29,42H,11-19,24H2,1-8H3/b30-22+,41-40?. The summed E-state index contributed by atoms with van der Waals surface area (Å²) < 4.78 is 49.3. The number of phenols is 1. The summed E-state index contributed by atoms with van der Waals surface area (Å²) in [5.41, 5.74) is 3.34. The van der Waals surface area contributed by atoms with Crippen molar-refractivity contribution in [1.29, 1.82) is 0 Å². The van der Waals surface area contributed by atoms with E-state index in [2.05, 4.69) is 50.9 Å². The summed E-state index contributed by atoms with van der Waals surface area (Å²) in [7, 11) is -7.42. The molecule has 0 aliphatic rings. The number of azo groups is 1. The number of hydrogen-bond donors (Lipinski definition) is 1. The molecule has 0 aliphatic carbocycles. The molecule has 0 spiro atoms. The summed E-state index contributed by atoms with van der Waals surface area (Å²) in [5, 5.41) is 21.4. The molecule has 0 saturated heterocycles. The molecule has 3 aromatic rings. The number of rotatable bonds is 18. The second-order valence-electron chi connectivity index (χ2n) is 14.3. The van der Waals surface area contributed by atoms with Crippen LogP contribution in [-0.4, -0.2) is 34.5 Å². The van der Waals surface area contributed by atoms with Crippen molar-refractivity contribution in [1.82, 2.24) is 0 Å². The molecule has 0 fully saturated rings. The van der Waals surface area contributed by atoms with E-state index < -0.39 is 19.7 Å². The summed E-state index contributed by atoms with van der Waals surface area (Å²) in [6.45, 7) is 13.4. The van der Waals surface area contributed by atoms with Gasteiger partial charge in [-0.05, 0) is 74.6 Å². The van der Waals surface area contributed by atoms with Gasteiger partial charge in [-0.3, -0.25) is 0 Å². The highest BCUT2D eigenvalue weighted by Crippen LogP contribution is 2.41. The number of fused-ring (bicyclic) bond motifs is 1. The molecule has 0 radical (unpaired) electrons. The molecule has 0 aromatic heterocycles. The fraction of sp³-hybridized carbons (Fsp3) is 0.538. The van der Waals surface area contributed by atoms with Crippen molar-refractivity contribution < 1.29 is 21.9 Å². The van der Waals surface area contributed by atoms with Gasteiger partial charge in [0.15, 0.2) is 19.7 Å². The van der Waals surface area contributed by atoms with Gasteiger partial charge in [-0.1, -0.05) is 109 Å². The van der Waals surface area contributed by atoms with Crippen LogP contribution in [0.3, 0.4) is 0 Å². The van der Waals surface area contributed by atoms with E-state index in [1.54, 1.807) is 0 Å². The Morgan fingerprint density at radius 2 is 1.38 bits per heavy atom. The number of hydrogen-bond acceptors (Lipinski definition) is 7. The molecule has 0 amide bonds. The third-order valence-electron chi connectivity index (χ3n) is 9.34. The molecular formula is C39H56N2O5S2. The minimum absolute atomic E-state index is 0.0455. The predicted octanol–water partition coefficient (Wildman–Crippen LogP) is 11.0. The second kappa shape index (κ2) is 17.6. The van der Waals surface area contributed by atoms with Crippen molar-refractivity contribution in [3.63, 3.8) is 0 Å². The van der Waals surface area contributed by atoms with Crippen LogP contribution in [0.25, 0.3) is 10.8 Å². The first-order chi connectivity index (χ1) is 22.5. The van der Waals surface area contributed by atoms with Gasteiger partial charge in [-0.15, -0.1) is 10.2 Å². The molecular weight excluding hydrogens is 641 g/mol. The summed E-state index contributed by atoms with van der Waals surface area (Å²) in [6.07, 6.45) is 16.0. The van der Waals surface area contributed by atoms with Gasteiger partial charge < -0.3 is 5.11 Å². The molecule has 0 saturated carbocycles. The van der Waals surface area contributed by atoms with Gasteiger partial charge >= 0.3 is 0 Å². The van der Waals surface area contributed by atoms with Gasteiger partial charge in [0.25, 0.3) is 0 Å². The number of phenolic OH excluding ortho intramolecular Hbond substituents is 1. The number of benzene rings is 3. The van der Waals surface area contributed by atoms with E-state index >= 15 is 0 Å². The molecule has 2 atom stereocenters. The average molecular weight is 697 g/mol. The monoisotopic (exact) mass is 696 g/mol. The summed E-state index contributed by atoms with van der Waals surface area (Å²) in [5.74, 6) is 2.53. The van der Waals surface area contributed by atoms with Crippen LogP contribution in [0.2, 0.25) is 0 Å². The van der Waals surface area contributed by atoms with E-state index in [1.165, 1.54) is 62.7 Å². The van der Waals surface area contributed by atoms with Crippen LogP contribution in [-0.2, 0) is 26.1 Å². The molecule has 2 unspecified atom stereocenters. The zero-order chi connectivity index (χ0) is 35.6. The highest BCUT2D eigenvalue weighted by molar-refractivity contribution is 7.91. The van der Waals surface area contributed by atoms with Crippen molar-refractivity contribution in [2.24, 2.45) is 28.0 Å². The molecule has 9 heteroatoms. The summed E-state index contributed by atoms with van der Waals surface area (Å²) in [4.78, 5) is -0.320. The maximum Gasteiger partial charge on any atom is 0.177 e. The van der Waals surface area contributed by atoms with Crippen molar-refractivity contribution in [2.75, 3.05) is 12.5 Å². The van der Waals surface area contributed by atoms with Crippen molar-refractivity contribution in [3.8, 4) is 5.75 Å². The minimum Gasteiger partial charge on any atom is -0.507 e. The Labute approximate surface area is 289 Å². The van der Waals surface area contributed by atoms with E-state index in [-0.39, 0.29) is 21.2 Å². The Morgan fingerprint density at radius 3 is 1.96 bits per heavy atom. The zero-order valence-corrected chi connectivity index (χ0v) is 31.8. The van der Waals surface area contributed by atoms with E-state index in [1.807, 2.05) is 31.2 Å². The average Bonchev–Trinajstić information content (AvgIpc) is 2.99. The van der Waals surface area contributed by atoms with Gasteiger partial charge in [0.2, 0.25) is 0 Å². The van der Waals surface area contributed by atoms with Crippen LogP contribution >= 0.6 is 0 Å². The lowest BCUT2D eigenvalue weighted by Gasteiger charge is -2.15. The number of allylic oxidation sites excluding steroid dienone is 2. The molecule has 1 N–H and O–H groups in total. The maximum atomic E-state index is 12.6. The van der Waals surface area contributed by atoms with Gasteiger partial charge in [0, 0.05) is 28.8 Å². The van der Waals surface area contributed by atoms with Gasteiger partial charge in [0.05, 0.1) is 15.5 Å². The number of aromatic hydroxyl groups is 1. The lowest BCUT2D eigenvalue weighted by Crippen LogP contribution is -2.02. The van der Waals surface area contributed by atoms with Gasteiger partial charge in [-0.25, -0.2) is 16.8 Å². The molecule has 0 aliphatic heterocycles. The smallest absolute Gasteiger partial charge is 0.177 e. The topological polar surface area (TPSA) is 113 Å². The second-order valence-corrected chi connectivity index (χ2v) is 18.3. The highest BCUT2D eigenvalue weighted by Gasteiger charge is 2.20. The summed E-state index contributed by atoms with van der Waals surface area (Å²) in [6, 6.07) is 11.2. The third-order valence-corrected chi connectivity index (χ3v) is 11.6. The lowest BCUT2D eigenvalue weighted by molar-refractivity contribution is 0.389. The molecule has 3 rings (SSSR count). The third kappa shape index (κ3) is 11.5. The molecule has 48 heavy (non-hydrogen) atoms. The van der Waals surface area contributed by atoms with E-state index in [0.717, 1.165) is 54.4 Å². The molecule has 0 heterocycles. The maximum absolute atomic E-state index is 12.6. The van der Waals surface area contributed by atoms with E-state index in [0.29, 0.717) is 28.8 Å². The van der Waals surface area contributed by atoms with Crippen LogP contribution in [0.1, 0.15) is 104 Å². The number of nitrogens with zero attached hydrogens (tertiary/aromatic N) is 2. The van der Waals surface area contributed by atoms with Crippen LogP contribution in [0.15, 0.2) is 74.1 Å². The first-order valence-electron chi connectivity index (χ1n) is 17.3. The fourth-order valence-corrected chi connectivity index (χ4v) is 7.81. The molecule has 7 nitrogen and oxygen atoms in total. The van der Waals surface area contributed by atoms with Gasteiger partial charge in [-0.2, -0.15) is 0 Å². The van der Waals surface area contributed by atoms with Crippen LogP contribution < -0.4 is 0 Å². The van der Waals surface area contributed by atoms with Crippen LogP contribution in [0.5, 0.6) is 5.75 Å². The Balaban J connectivity index is 1.73. The SMILES string of the molecule is C/C(=C\Cc1c(C)c(N=Nc2ccc(S(C)(=O)=O)cc2S(C)(=O)=O)c2ccccc2c1O)CCCC(C)CCCC(C)CCCC(C)C. The Bertz CT molecular complexity index is 1830. The van der Waals surface area contributed by atoms with Crippen molar-refractivity contribution >= 4 is 41.8 Å². The van der Waals surface area contributed by atoms with Crippen molar-refractivity contribution in [2.45, 2.75) is 116 Å². The largest absolute Gasteiger partial charge is 0.507 e. The van der Waals surface area contributed by atoms with Crippen LogP contribution in [0.4, 0.5) is 11.4 Å².